The van der Waals surface area contributed by atoms with Crippen molar-refractivity contribution in [2.24, 2.45) is 0 Å². The van der Waals surface area contributed by atoms with Crippen molar-refractivity contribution in [2.45, 2.75) is 54.4 Å². The fourth-order valence-corrected chi connectivity index (χ4v) is 7.64. The maximum atomic E-state index is 2.48. The highest BCUT2D eigenvalue weighted by Gasteiger charge is 2.23. The van der Waals surface area contributed by atoms with E-state index in [1.54, 1.807) is 0 Å². The molecule has 236 valence electrons. The van der Waals surface area contributed by atoms with Crippen LogP contribution in [0.25, 0.3) is 32.3 Å². The van der Waals surface area contributed by atoms with Crippen molar-refractivity contribution in [3.8, 4) is 0 Å². The topological polar surface area (TPSA) is 6.48 Å². The van der Waals surface area contributed by atoms with Crippen LogP contribution < -0.4 is 9.80 Å². The van der Waals surface area contributed by atoms with Gasteiger partial charge in [-0.15, -0.1) is 0 Å². The molecule has 7 aromatic rings. The molecule has 0 aliphatic heterocycles. The van der Waals surface area contributed by atoms with Crippen LogP contribution in [-0.2, 0) is 0 Å². The van der Waals surface area contributed by atoms with E-state index in [1.807, 2.05) is 0 Å². The van der Waals surface area contributed by atoms with Crippen molar-refractivity contribution in [2.75, 3.05) is 9.80 Å². The summed E-state index contributed by atoms with van der Waals surface area (Å²) in [6.07, 6.45) is 9.14. The number of rotatable bonds is 6. The van der Waals surface area contributed by atoms with Gasteiger partial charge in [0, 0.05) is 33.5 Å². The van der Waals surface area contributed by atoms with Crippen LogP contribution in [0.2, 0.25) is 0 Å². The molecule has 2 nitrogen and oxygen atoms in total. The smallest absolute Gasteiger partial charge is 0.0540 e. The Morgan fingerprint density at radius 1 is 0.458 bits per heavy atom. The van der Waals surface area contributed by atoms with Crippen LogP contribution in [0.3, 0.4) is 0 Å². The fourth-order valence-electron chi connectivity index (χ4n) is 7.64. The van der Waals surface area contributed by atoms with Gasteiger partial charge in [-0.3, -0.25) is 0 Å². The average Bonchev–Trinajstić information content (AvgIpc) is 3.10. The van der Waals surface area contributed by atoms with Gasteiger partial charge in [-0.1, -0.05) is 66.7 Å². The number of hydrogen-bond donors (Lipinski definition) is 0. The molecule has 1 aliphatic rings. The van der Waals surface area contributed by atoms with Gasteiger partial charge in [0.2, 0.25) is 0 Å². The van der Waals surface area contributed by atoms with Crippen molar-refractivity contribution in [3.63, 3.8) is 0 Å². The molecule has 0 aromatic heterocycles. The maximum Gasteiger partial charge on any atom is 0.0540 e. The second-order valence-corrected chi connectivity index (χ2v) is 13.6. The summed E-state index contributed by atoms with van der Waals surface area (Å²) in [4.78, 5) is 4.92. The Labute approximate surface area is 284 Å². The Balaban J connectivity index is 1.41. The van der Waals surface area contributed by atoms with Crippen molar-refractivity contribution < 1.29 is 0 Å². The molecular formula is C46H42N2. The molecule has 2 heteroatoms. The summed E-state index contributed by atoms with van der Waals surface area (Å²) >= 11 is 0. The van der Waals surface area contributed by atoms with E-state index in [9.17, 15) is 0 Å². The summed E-state index contributed by atoms with van der Waals surface area (Å²) in [5, 5.41) is 7.69. The molecule has 0 fully saturated rings. The molecule has 48 heavy (non-hydrogen) atoms. The second kappa shape index (κ2) is 11.7. The zero-order valence-corrected chi connectivity index (χ0v) is 28.9. The molecule has 0 radical (unpaired) electrons. The quantitative estimate of drug-likeness (QED) is 0.170. The Kier molecular flexibility index (Phi) is 7.33. The molecule has 0 amide bonds. The van der Waals surface area contributed by atoms with Crippen molar-refractivity contribution in [3.05, 3.63) is 160 Å². The average molecular weight is 623 g/mol. The third kappa shape index (κ3) is 4.86. The standard InChI is InChI=1S/C46H42N2/c1-29-25-39(26-30(2)33(29)5)47(37-13-9-7-10-14-37)43-23-19-35-18-22-42-44(24-20-36-17-21-41(43)45(35)46(36)42)48(38-15-11-8-12-16-38)40-27-31(3)34(6)32(4)28-40/h7,9-11,13-28H,8,12H2,1-6H3. The van der Waals surface area contributed by atoms with Gasteiger partial charge >= 0.3 is 0 Å². The molecule has 0 atom stereocenters. The molecule has 0 saturated heterocycles. The van der Waals surface area contributed by atoms with E-state index in [0.717, 1.165) is 18.5 Å². The number of benzene rings is 7. The normalized spacial score (nSPS) is 13.1. The van der Waals surface area contributed by atoms with Crippen LogP contribution in [0.15, 0.2) is 127 Å². The summed E-state index contributed by atoms with van der Waals surface area (Å²) in [6, 6.07) is 38.7. The number of para-hydroxylation sites is 1. The molecule has 0 unspecified atom stereocenters. The summed E-state index contributed by atoms with van der Waals surface area (Å²) in [5.41, 5.74) is 15.2. The first-order valence-electron chi connectivity index (χ1n) is 17.2. The molecule has 0 bridgehead atoms. The van der Waals surface area contributed by atoms with Crippen LogP contribution in [0.1, 0.15) is 46.2 Å². The number of allylic oxidation sites excluding steroid dienone is 3. The van der Waals surface area contributed by atoms with Gasteiger partial charge in [0.15, 0.2) is 0 Å². The lowest BCUT2D eigenvalue weighted by Gasteiger charge is -2.31. The van der Waals surface area contributed by atoms with Gasteiger partial charge in [-0.05, 0) is 164 Å². The van der Waals surface area contributed by atoms with E-state index in [-0.39, 0.29) is 0 Å². The first kappa shape index (κ1) is 30.0. The Bertz CT molecular complexity index is 2360. The zero-order valence-electron chi connectivity index (χ0n) is 28.9. The molecule has 0 heterocycles. The third-order valence-corrected chi connectivity index (χ3v) is 10.7. The predicted molar refractivity (Wildman–Crippen MR) is 208 cm³/mol. The highest BCUT2D eigenvalue weighted by molar-refractivity contribution is 6.28. The molecule has 7 aromatic carbocycles. The van der Waals surface area contributed by atoms with Crippen molar-refractivity contribution in [1.82, 2.24) is 0 Å². The highest BCUT2D eigenvalue weighted by atomic mass is 15.2. The summed E-state index contributed by atoms with van der Waals surface area (Å²) in [6.45, 7) is 13.4. The zero-order chi connectivity index (χ0) is 33.1. The summed E-state index contributed by atoms with van der Waals surface area (Å²) < 4.78 is 0. The minimum absolute atomic E-state index is 1.05. The maximum absolute atomic E-state index is 2.48. The Morgan fingerprint density at radius 3 is 1.44 bits per heavy atom. The predicted octanol–water partition coefficient (Wildman–Crippen LogP) is 13.3. The Hall–Kier alpha value is -5.34. The largest absolute Gasteiger partial charge is 0.310 e. The first-order chi connectivity index (χ1) is 23.3. The highest BCUT2D eigenvalue weighted by Crippen LogP contribution is 2.47. The molecular weight excluding hydrogens is 581 g/mol. The van der Waals surface area contributed by atoms with E-state index < -0.39 is 0 Å². The van der Waals surface area contributed by atoms with Crippen LogP contribution >= 0.6 is 0 Å². The van der Waals surface area contributed by atoms with E-state index in [2.05, 4.69) is 173 Å². The lowest BCUT2D eigenvalue weighted by molar-refractivity contribution is 0.997. The van der Waals surface area contributed by atoms with Crippen LogP contribution in [0.5, 0.6) is 0 Å². The molecule has 0 N–H and O–H groups in total. The lowest BCUT2D eigenvalue weighted by Crippen LogP contribution is -2.17. The van der Waals surface area contributed by atoms with Crippen LogP contribution in [0, 0.1) is 41.5 Å². The number of aryl methyl sites for hydroxylation is 4. The van der Waals surface area contributed by atoms with Gasteiger partial charge < -0.3 is 9.80 Å². The van der Waals surface area contributed by atoms with Crippen molar-refractivity contribution >= 4 is 60.8 Å². The summed E-state index contributed by atoms with van der Waals surface area (Å²) in [7, 11) is 0. The monoisotopic (exact) mass is 622 g/mol. The molecule has 1 aliphatic carbocycles. The first-order valence-corrected chi connectivity index (χ1v) is 17.2. The van der Waals surface area contributed by atoms with E-state index >= 15 is 0 Å². The molecule has 0 saturated carbocycles. The van der Waals surface area contributed by atoms with E-state index in [4.69, 9.17) is 0 Å². The minimum Gasteiger partial charge on any atom is -0.310 e. The van der Waals surface area contributed by atoms with Gasteiger partial charge in [-0.2, -0.15) is 0 Å². The van der Waals surface area contributed by atoms with Gasteiger partial charge in [0.05, 0.1) is 11.4 Å². The minimum atomic E-state index is 1.05. The van der Waals surface area contributed by atoms with E-state index in [1.165, 1.54) is 94.1 Å². The number of hydrogen-bond acceptors (Lipinski definition) is 2. The summed E-state index contributed by atoms with van der Waals surface area (Å²) in [5.74, 6) is 0. The molecule has 0 spiro atoms. The van der Waals surface area contributed by atoms with Gasteiger partial charge in [0.1, 0.15) is 0 Å². The van der Waals surface area contributed by atoms with Crippen molar-refractivity contribution in [1.29, 1.82) is 0 Å². The Morgan fingerprint density at radius 2 is 0.938 bits per heavy atom. The number of nitrogens with zero attached hydrogens (tertiary/aromatic N) is 2. The third-order valence-electron chi connectivity index (χ3n) is 10.7. The van der Waals surface area contributed by atoms with Gasteiger partial charge in [0.25, 0.3) is 0 Å². The van der Waals surface area contributed by atoms with Crippen LogP contribution in [0.4, 0.5) is 28.4 Å². The SMILES string of the molecule is Cc1cc(N(C2=CCCC=C2)c2ccc3ccc4c(N(c5ccccc5)c5cc(C)c(C)c(C)c5)ccc5ccc2c3c54)cc(C)c1C. The fraction of sp³-hybridized carbons (Fsp3) is 0.174. The lowest BCUT2D eigenvalue weighted by atomic mass is 9.91. The molecule has 8 rings (SSSR count). The van der Waals surface area contributed by atoms with Gasteiger partial charge in [-0.25, -0.2) is 0 Å². The van der Waals surface area contributed by atoms with Crippen LogP contribution in [-0.4, -0.2) is 0 Å². The number of anilines is 5. The van der Waals surface area contributed by atoms with E-state index in [0.29, 0.717) is 0 Å². The second-order valence-electron chi connectivity index (χ2n) is 13.6.